The Hall–Kier alpha value is -1.75. The molecule has 0 amide bonds. The lowest BCUT2D eigenvalue weighted by atomic mass is 9.98. The first kappa shape index (κ1) is 19.0. The van der Waals surface area contributed by atoms with Crippen molar-refractivity contribution >= 4 is 5.96 Å². The first-order chi connectivity index (χ1) is 12.8. The molecule has 2 aliphatic rings. The predicted octanol–water partition coefficient (Wildman–Crippen LogP) is 2.45. The number of aliphatic imine (C=N–C) groups is 1. The number of likely N-dealkylation sites (tertiary alicyclic amines) is 1. The maximum Gasteiger partial charge on any atom is 0.191 e. The van der Waals surface area contributed by atoms with Crippen molar-refractivity contribution in [3.63, 3.8) is 0 Å². The zero-order valence-electron chi connectivity index (χ0n) is 16.4. The molecule has 144 valence electrons. The van der Waals surface area contributed by atoms with Gasteiger partial charge >= 0.3 is 0 Å². The van der Waals surface area contributed by atoms with E-state index in [1.54, 1.807) is 0 Å². The summed E-state index contributed by atoms with van der Waals surface area (Å²) < 4.78 is 5.59. The van der Waals surface area contributed by atoms with E-state index >= 15 is 0 Å². The zero-order chi connectivity index (χ0) is 18.2. The minimum Gasteiger partial charge on any atom is -0.493 e. The fourth-order valence-electron chi connectivity index (χ4n) is 3.87. The molecule has 5 heteroatoms. The maximum atomic E-state index is 5.59. The van der Waals surface area contributed by atoms with Crippen molar-refractivity contribution in [3.8, 4) is 5.75 Å². The number of guanidine groups is 1. The predicted molar refractivity (Wildman–Crippen MR) is 108 cm³/mol. The van der Waals surface area contributed by atoms with E-state index in [4.69, 9.17) is 9.73 Å². The van der Waals surface area contributed by atoms with E-state index in [0.29, 0.717) is 5.92 Å². The molecule has 2 heterocycles. The van der Waals surface area contributed by atoms with E-state index in [2.05, 4.69) is 47.6 Å². The summed E-state index contributed by atoms with van der Waals surface area (Å²) in [5.41, 5.74) is 2.71. The van der Waals surface area contributed by atoms with E-state index in [-0.39, 0.29) is 0 Å². The zero-order valence-corrected chi connectivity index (χ0v) is 16.4. The molecule has 0 bridgehead atoms. The number of hydrogen-bond donors (Lipinski definition) is 2. The summed E-state index contributed by atoms with van der Waals surface area (Å²) in [6.45, 7) is 11.5. The number of rotatable bonds is 7. The number of benzene rings is 1. The third-order valence-electron chi connectivity index (χ3n) is 5.36. The molecule has 5 nitrogen and oxygen atoms in total. The van der Waals surface area contributed by atoms with Crippen LogP contribution in [0, 0.1) is 5.92 Å². The smallest absolute Gasteiger partial charge is 0.191 e. The second-order valence-corrected chi connectivity index (χ2v) is 7.34. The first-order valence-electron chi connectivity index (χ1n) is 10.3. The quantitative estimate of drug-likeness (QED) is 0.581. The van der Waals surface area contributed by atoms with E-state index in [9.17, 15) is 0 Å². The molecule has 0 saturated carbocycles. The second kappa shape index (κ2) is 9.81. The van der Waals surface area contributed by atoms with Gasteiger partial charge in [-0.05, 0) is 62.4 Å². The fraction of sp³-hybridized carbons (Fsp3) is 0.667. The van der Waals surface area contributed by atoms with Crippen LogP contribution in [0.2, 0.25) is 0 Å². The van der Waals surface area contributed by atoms with Crippen LogP contribution in [0.25, 0.3) is 0 Å². The van der Waals surface area contributed by atoms with Crippen LogP contribution in [0.5, 0.6) is 5.75 Å². The molecule has 0 spiro atoms. The van der Waals surface area contributed by atoms with Crippen LogP contribution in [-0.2, 0) is 12.8 Å². The Labute approximate surface area is 158 Å². The van der Waals surface area contributed by atoms with Gasteiger partial charge in [0.25, 0.3) is 0 Å². The molecule has 1 atom stereocenters. The van der Waals surface area contributed by atoms with Gasteiger partial charge in [0, 0.05) is 32.6 Å². The average Bonchev–Trinajstić information content (AvgIpc) is 3.14. The third-order valence-corrected chi connectivity index (χ3v) is 5.36. The Balaban J connectivity index is 1.47. The van der Waals surface area contributed by atoms with Gasteiger partial charge in [-0.25, -0.2) is 0 Å². The average molecular weight is 359 g/mol. The molecule has 1 aromatic rings. The topological polar surface area (TPSA) is 48.9 Å². The molecule has 2 aliphatic heterocycles. The van der Waals surface area contributed by atoms with Crippen molar-refractivity contribution in [3.05, 3.63) is 29.3 Å². The summed E-state index contributed by atoms with van der Waals surface area (Å²) in [5, 5.41) is 6.88. The van der Waals surface area contributed by atoms with Crippen molar-refractivity contribution < 1.29 is 4.74 Å². The largest absolute Gasteiger partial charge is 0.493 e. The number of fused-ring (bicyclic) bond motifs is 1. The maximum absolute atomic E-state index is 5.59. The number of nitrogens with zero attached hydrogens (tertiary/aromatic N) is 2. The highest BCUT2D eigenvalue weighted by Crippen LogP contribution is 2.25. The van der Waals surface area contributed by atoms with Crippen LogP contribution in [-0.4, -0.2) is 56.7 Å². The van der Waals surface area contributed by atoms with Gasteiger partial charge in [-0.2, -0.15) is 0 Å². The number of ether oxygens (including phenoxy) is 1. The van der Waals surface area contributed by atoms with Gasteiger partial charge < -0.3 is 20.3 Å². The van der Waals surface area contributed by atoms with Crippen LogP contribution < -0.4 is 15.4 Å². The molecule has 26 heavy (non-hydrogen) atoms. The third kappa shape index (κ3) is 5.37. The Bertz CT molecular complexity index is 602. The van der Waals surface area contributed by atoms with Gasteiger partial charge in [0.15, 0.2) is 5.96 Å². The van der Waals surface area contributed by atoms with Crippen molar-refractivity contribution in [2.24, 2.45) is 10.9 Å². The van der Waals surface area contributed by atoms with Crippen LogP contribution in [0.4, 0.5) is 0 Å². The van der Waals surface area contributed by atoms with Crippen LogP contribution in [0.1, 0.15) is 37.8 Å². The lowest BCUT2D eigenvalue weighted by Crippen LogP contribution is -2.40. The molecule has 1 unspecified atom stereocenters. The van der Waals surface area contributed by atoms with E-state index < -0.39 is 0 Å². The van der Waals surface area contributed by atoms with Crippen LogP contribution in [0.15, 0.2) is 23.2 Å². The Morgan fingerprint density at radius 2 is 2.23 bits per heavy atom. The second-order valence-electron chi connectivity index (χ2n) is 7.34. The van der Waals surface area contributed by atoms with Crippen LogP contribution in [0.3, 0.4) is 0 Å². The van der Waals surface area contributed by atoms with Gasteiger partial charge in [-0.1, -0.05) is 19.1 Å². The monoisotopic (exact) mass is 358 g/mol. The molecule has 0 radical (unpaired) electrons. The SMILES string of the molecule is CCNC(=NCC1CCCN(CC)C1)NCCc1ccc2c(c1)CCO2. The van der Waals surface area contributed by atoms with Crippen molar-refractivity contribution in [2.75, 3.05) is 45.9 Å². The Morgan fingerprint density at radius 1 is 1.31 bits per heavy atom. The van der Waals surface area contributed by atoms with Crippen LogP contribution >= 0.6 is 0 Å². The van der Waals surface area contributed by atoms with Gasteiger partial charge in [-0.15, -0.1) is 0 Å². The van der Waals surface area contributed by atoms with E-state index in [0.717, 1.165) is 57.3 Å². The molecule has 1 saturated heterocycles. The molecule has 0 aliphatic carbocycles. The summed E-state index contributed by atoms with van der Waals surface area (Å²) in [6, 6.07) is 6.58. The highest BCUT2D eigenvalue weighted by molar-refractivity contribution is 5.79. The Kier molecular flexibility index (Phi) is 7.18. The summed E-state index contributed by atoms with van der Waals surface area (Å²) >= 11 is 0. The lowest BCUT2D eigenvalue weighted by Gasteiger charge is -2.31. The van der Waals surface area contributed by atoms with Gasteiger partial charge in [-0.3, -0.25) is 4.99 Å². The van der Waals surface area contributed by atoms with E-state index in [1.165, 1.54) is 37.1 Å². The van der Waals surface area contributed by atoms with Crippen molar-refractivity contribution in [2.45, 2.75) is 39.5 Å². The summed E-state index contributed by atoms with van der Waals surface area (Å²) in [6.07, 6.45) is 4.65. The fourth-order valence-corrected chi connectivity index (χ4v) is 3.87. The van der Waals surface area contributed by atoms with E-state index in [1.807, 2.05) is 0 Å². The highest BCUT2D eigenvalue weighted by atomic mass is 16.5. The summed E-state index contributed by atoms with van der Waals surface area (Å²) in [5.74, 6) is 2.70. The number of piperidine rings is 1. The molecular weight excluding hydrogens is 324 g/mol. The summed E-state index contributed by atoms with van der Waals surface area (Å²) in [4.78, 5) is 7.39. The number of nitrogens with one attached hydrogen (secondary N) is 2. The van der Waals surface area contributed by atoms with Gasteiger partial charge in [0.1, 0.15) is 5.75 Å². The minimum atomic E-state index is 0.691. The molecular formula is C21H34N4O. The van der Waals surface area contributed by atoms with Gasteiger partial charge in [0.05, 0.1) is 6.61 Å². The summed E-state index contributed by atoms with van der Waals surface area (Å²) in [7, 11) is 0. The highest BCUT2D eigenvalue weighted by Gasteiger charge is 2.18. The molecule has 2 N–H and O–H groups in total. The molecule has 1 aromatic carbocycles. The number of hydrogen-bond acceptors (Lipinski definition) is 3. The standard InChI is InChI=1S/C21H34N4O/c1-3-22-21(24-15-18-6-5-12-25(4-2)16-18)23-11-9-17-7-8-20-19(14-17)10-13-26-20/h7-8,14,18H,3-6,9-13,15-16H2,1-2H3,(H2,22,23,24). The Morgan fingerprint density at radius 3 is 3.08 bits per heavy atom. The molecule has 3 rings (SSSR count). The van der Waals surface area contributed by atoms with Gasteiger partial charge in [0.2, 0.25) is 0 Å². The van der Waals surface area contributed by atoms with Crippen molar-refractivity contribution in [1.29, 1.82) is 0 Å². The first-order valence-corrected chi connectivity index (χ1v) is 10.3. The normalized spacial score (nSPS) is 20.5. The van der Waals surface area contributed by atoms with Crippen molar-refractivity contribution in [1.82, 2.24) is 15.5 Å². The molecule has 0 aromatic heterocycles. The lowest BCUT2D eigenvalue weighted by molar-refractivity contribution is 0.186. The minimum absolute atomic E-state index is 0.691. The molecule has 1 fully saturated rings.